The molecule has 3 fully saturated rings. The molecule has 3 N–H and O–H groups in total. The molecule has 5 heterocycles. The number of ether oxygens (including phenoxy) is 1. The molecule has 2 aromatic rings. The number of aryl methyl sites for hydroxylation is 1. The molecule has 10 nitrogen and oxygen atoms in total. The summed E-state index contributed by atoms with van der Waals surface area (Å²) in [7, 11) is 0. The summed E-state index contributed by atoms with van der Waals surface area (Å²) >= 11 is 8.01. The predicted octanol–water partition coefficient (Wildman–Crippen LogP) is 4.94. The molecule has 4 aliphatic rings. The van der Waals surface area contributed by atoms with Gasteiger partial charge in [-0.2, -0.15) is 0 Å². The number of piperidine rings is 2. The third-order valence-corrected chi connectivity index (χ3v) is 10.7. The number of nitrogens with two attached hydrogens (primary N) is 1. The van der Waals surface area contributed by atoms with Gasteiger partial charge in [0, 0.05) is 49.6 Å². The van der Waals surface area contributed by atoms with Gasteiger partial charge in [-0.05, 0) is 87.2 Å². The highest BCUT2D eigenvalue weighted by atomic mass is 35.5. The molecular weight excluding hydrogens is 588 g/mol. The number of nitrogens with one attached hydrogen (secondary N) is 1. The highest BCUT2D eigenvalue weighted by molar-refractivity contribution is 7.10. The largest absolute Gasteiger partial charge is 0.436 e. The molecule has 12 heteroatoms. The van der Waals surface area contributed by atoms with Crippen molar-refractivity contribution in [2.75, 3.05) is 50.3 Å². The first-order valence-corrected chi connectivity index (χ1v) is 16.7. The van der Waals surface area contributed by atoms with Gasteiger partial charge in [-0.25, -0.2) is 9.59 Å². The first kappa shape index (κ1) is 30.0. The van der Waals surface area contributed by atoms with E-state index in [1.807, 2.05) is 34.2 Å². The molecule has 4 aliphatic heterocycles. The number of benzene rings is 1. The highest BCUT2D eigenvalue weighted by Crippen LogP contribution is 2.32. The van der Waals surface area contributed by atoms with Gasteiger partial charge in [0.25, 0.3) is 5.91 Å². The molecule has 0 saturated carbocycles. The zero-order valence-electron chi connectivity index (χ0n) is 24.7. The van der Waals surface area contributed by atoms with Gasteiger partial charge < -0.3 is 35.4 Å². The van der Waals surface area contributed by atoms with E-state index in [2.05, 4.69) is 10.2 Å². The first-order valence-electron chi connectivity index (χ1n) is 15.4. The van der Waals surface area contributed by atoms with Crippen LogP contribution in [0, 0.1) is 6.92 Å². The third-order valence-electron chi connectivity index (χ3n) is 9.49. The van der Waals surface area contributed by atoms with Crippen LogP contribution in [0.15, 0.2) is 23.6 Å². The van der Waals surface area contributed by atoms with Crippen LogP contribution in [0.2, 0.25) is 5.02 Å². The van der Waals surface area contributed by atoms with Crippen LogP contribution in [-0.2, 0) is 22.5 Å². The Balaban J connectivity index is 1.10. The van der Waals surface area contributed by atoms with Crippen molar-refractivity contribution < 1.29 is 19.1 Å². The van der Waals surface area contributed by atoms with Crippen molar-refractivity contribution in [1.82, 2.24) is 19.6 Å². The molecule has 1 atom stereocenters. The number of amides is 4. The predicted molar refractivity (Wildman–Crippen MR) is 168 cm³/mol. The summed E-state index contributed by atoms with van der Waals surface area (Å²) in [5, 5.41) is 5.39. The summed E-state index contributed by atoms with van der Waals surface area (Å²) in [5.74, 6) is -0.162. The maximum atomic E-state index is 13.9. The lowest BCUT2D eigenvalue weighted by atomic mass is 10.0. The average Bonchev–Trinajstić information content (AvgIpc) is 3.71. The Morgan fingerprint density at radius 2 is 1.72 bits per heavy atom. The minimum atomic E-state index is -0.960. The second kappa shape index (κ2) is 12.9. The fourth-order valence-electron chi connectivity index (χ4n) is 6.94. The van der Waals surface area contributed by atoms with Crippen LogP contribution in [0.5, 0.6) is 0 Å². The van der Waals surface area contributed by atoms with Crippen LogP contribution in [-0.4, -0.2) is 95.1 Å². The van der Waals surface area contributed by atoms with Gasteiger partial charge in [0.15, 0.2) is 6.10 Å². The van der Waals surface area contributed by atoms with Gasteiger partial charge >= 0.3 is 12.1 Å². The fourth-order valence-corrected chi connectivity index (χ4v) is 8.06. The minimum absolute atomic E-state index is 0.0357. The molecule has 43 heavy (non-hydrogen) atoms. The number of nitrogens with zero attached hydrogens (tertiary/aromatic N) is 4. The van der Waals surface area contributed by atoms with E-state index in [1.54, 1.807) is 22.3 Å². The number of thiophene rings is 1. The van der Waals surface area contributed by atoms with E-state index < -0.39 is 12.2 Å². The van der Waals surface area contributed by atoms with Crippen LogP contribution in [0.1, 0.15) is 54.5 Å². The maximum absolute atomic E-state index is 13.9. The fraction of sp³-hybridized carbons (Fsp3) is 0.581. The van der Waals surface area contributed by atoms with Crippen molar-refractivity contribution in [3.05, 3.63) is 44.6 Å². The standard InChI is InChI=1S/C31H41ClN6O4S/c1-20-16-21(17-24(32)28(20)33)18-26(29(39)36-11-4-22(5-12-36)35-9-2-3-10-35)42-31(41)37-13-6-23(7-14-37)38-19-27-25(8-15-43-27)34-30(38)40/h8,15-17,22-23,26H,2-7,9-14,18-19,33H2,1H3,(H,34,40)/t26-/m1/s1. The van der Waals surface area contributed by atoms with Crippen LogP contribution in [0.3, 0.4) is 0 Å². The lowest BCUT2D eigenvalue weighted by molar-refractivity contribution is -0.142. The Labute approximate surface area is 262 Å². The van der Waals surface area contributed by atoms with E-state index in [0.717, 1.165) is 47.6 Å². The highest BCUT2D eigenvalue weighted by Gasteiger charge is 2.37. The normalized spacial score (nSPS) is 21.1. The number of hydrogen-bond acceptors (Lipinski definition) is 7. The average molecular weight is 629 g/mol. The number of urea groups is 1. The van der Waals surface area contributed by atoms with Crippen molar-refractivity contribution in [1.29, 1.82) is 0 Å². The number of hydrogen-bond donors (Lipinski definition) is 2. The summed E-state index contributed by atoms with van der Waals surface area (Å²) in [6.07, 6.45) is 4.44. The number of anilines is 2. The Kier molecular flexibility index (Phi) is 9.02. The molecule has 1 aromatic heterocycles. The molecule has 1 aromatic carbocycles. The molecule has 0 bridgehead atoms. The molecule has 0 spiro atoms. The summed E-state index contributed by atoms with van der Waals surface area (Å²) < 4.78 is 6.00. The third kappa shape index (κ3) is 6.58. The number of carbonyl (C=O) groups excluding carboxylic acids is 3. The van der Waals surface area contributed by atoms with E-state index in [4.69, 9.17) is 22.1 Å². The molecule has 0 radical (unpaired) electrons. The Hall–Kier alpha value is -3.02. The van der Waals surface area contributed by atoms with E-state index >= 15 is 0 Å². The molecule has 4 amide bonds. The number of nitrogen functional groups attached to an aromatic ring is 1. The molecule has 0 unspecified atom stereocenters. The minimum Gasteiger partial charge on any atom is -0.436 e. The topological polar surface area (TPSA) is 111 Å². The van der Waals surface area contributed by atoms with Gasteiger partial charge in [0.1, 0.15) is 0 Å². The van der Waals surface area contributed by atoms with Crippen LogP contribution < -0.4 is 11.1 Å². The molecular formula is C31H41ClN6O4S. The van der Waals surface area contributed by atoms with E-state index in [9.17, 15) is 14.4 Å². The SMILES string of the molecule is Cc1cc(C[C@@H](OC(=O)N2CCC(N3Cc4sccc4NC3=O)CC2)C(=O)N2CCC(N3CCCC3)CC2)cc(Cl)c1N. The first-order chi connectivity index (χ1) is 20.8. The molecule has 6 rings (SSSR count). The van der Waals surface area contributed by atoms with E-state index in [0.29, 0.717) is 62.3 Å². The van der Waals surface area contributed by atoms with Crippen molar-refractivity contribution in [2.24, 2.45) is 0 Å². The monoisotopic (exact) mass is 628 g/mol. The zero-order chi connectivity index (χ0) is 30.1. The molecule has 232 valence electrons. The number of fused-ring (bicyclic) bond motifs is 1. The Morgan fingerprint density at radius 3 is 2.42 bits per heavy atom. The van der Waals surface area contributed by atoms with Crippen molar-refractivity contribution >= 4 is 52.3 Å². The summed E-state index contributed by atoms with van der Waals surface area (Å²) in [5.41, 5.74) is 9.09. The van der Waals surface area contributed by atoms with Gasteiger partial charge in [-0.15, -0.1) is 11.3 Å². The van der Waals surface area contributed by atoms with Gasteiger partial charge in [-0.1, -0.05) is 17.7 Å². The van der Waals surface area contributed by atoms with Crippen molar-refractivity contribution in [2.45, 2.75) is 76.6 Å². The van der Waals surface area contributed by atoms with E-state index in [1.165, 1.54) is 12.8 Å². The van der Waals surface area contributed by atoms with E-state index in [-0.39, 0.29) is 24.4 Å². The van der Waals surface area contributed by atoms with Gasteiger partial charge in [0.05, 0.1) is 22.9 Å². The second-order valence-electron chi connectivity index (χ2n) is 12.2. The lowest BCUT2D eigenvalue weighted by Gasteiger charge is -2.40. The number of halogens is 1. The smallest absolute Gasteiger partial charge is 0.410 e. The number of likely N-dealkylation sites (tertiary alicyclic amines) is 3. The number of carbonyl (C=O) groups is 3. The number of rotatable bonds is 6. The van der Waals surface area contributed by atoms with Crippen LogP contribution in [0.4, 0.5) is 21.0 Å². The lowest BCUT2D eigenvalue weighted by Crippen LogP contribution is -2.52. The quantitative estimate of drug-likeness (QED) is 0.439. The zero-order valence-corrected chi connectivity index (χ0v) is 26.3. The van der Waals surface area contributed by atoms with Crippen LogP contribution >= 0.6 is 22.9 Å². The molecule has 3 saturated heterocycles. The Morgan fingerprint density at radius 1 is 1.05 bits per heavy atom. The summed E-state index contributed by atoms with van der Waals surface area (Å²) in [6, 6.07) is 6.05. The molecule has 0 aliphatic carbocycles. The van der Waals surface area contributed by atoms with Gasteiger partial charge in [-0.3, -0.25) is 4.79 Å². The second-order valence-corrected chi connectivity index (χ2v) is 13.6. The Bertz CT molecular complexity index is 1320. The summed E-state index contributed by atoms with van der Waals surface area (Å²) in [6.45, 7) is 6.98. The van der Waals surface area contributed by atoms with Crippen molar-refractivity contribution in [3.63, 3.8) is 0 Å². The van der Waals surface area contributed by atoms with Gasteiger partial charge in [0.2, 0.25) is 0 Å². The van der Waals surface area contributed by atoms with Crippen LogP contribution in [0.25, 0.3) is 0 Å². The van der Waals surface area contributed by atoms with Crippen molar-refractivity contribution in [3.8, 4) is 0 Å². The summed E-state index contributed by atoms with van der Waals surface area (Å²) in [4.78, 5) is 49.1. The maximum Gasteiger partial charge on any atom is 0.410 e.